The third-order valence-electron chi connectivity index (χ3n) is 10.7. The SMILES string of the molecule is Cc1cc2c(cc1C)[CH]([Zr]([C]1=CC(C(C)(C)C)=CC1C(C)C)=[C](c1cccc(C(F)(F)F)c1)c1cccc(C(F)(F)F)c1)c1cc(C)c(C)cc1-2. The van der Waals surface area contributed by atoms with E-state index in [1.54, 1.807) is 12.1 Å². The molecule has 7 heteroatoms. The molecule has 6 rings (SSSR count). The summed E-state index contributed by atoms with van der Waals surface area (Å²) >= 11 is -3.76. The average Bonchev–Trinajstić information content (AvgIpc) is 3.60. The molecule has 1 unspecified atom stereocenters. The van der Waals surface area contributed by atoms with Crippen molar-refractivity contribution < 1.29 is 47.6 Å². The summed E-state index contributed by atoms with van der Waals surface area (Å²) in [5.41, 5.74) is 8.96. The maximum absolute atomic E-state index is 14.4. The van der Waals surface area contributed by atoms with Crippen LogP contribution in [-0.2, 0) is 33.6 Å². The zero-order valence-electron chi connectivity index (χ0n) is 30.6. The van der Waals surface area contributed by atoms with Gasteiger partial charge in [0.25, 0.3) is 0 Å². The Bertz CT molecular complexity index is 2020. The van der Waals surface area contributed by atoms with Crippen molar-refractivity contribution in [1.82, 2.24) is 0 Å². The fraction of sp³-hybridized carbons (Fsp3) is 0.341. The molecule has 0 heterocycles. The Balaban J connectivity index is 1.85. The third-order valence-corrected chi connectivity index (χ3v) is 19.1. The Labute approximate surface area is 305 Å². The zero-order chi connectivity index (χ0) is 37.4. The van der Waals surface area contributed by atoms with Crippen molar-refractivity contribution in [2.45, 2.75) is 78.3 Å². The van der Waals surface area contributed by atoms with E-state index in [0.717, 1.165) is 74.3 Å². The standard InChI is InChI=1S/C17H17.C15H8F6.C12H19.Zr/c1-10-5-14-9-15-6-11(2)13(4)8-17(15)16(14)7-12(10)3;16-14(17,18)12-5-1-3-10(8-12)7-11-4-2-6-13(9-11)15(19,20)21;1-9(2)10-6-7-11(8-10)12(3,4)5;/h5-9H,1-4H3;1-6,8-9H;7-10H,1-5H3;. The summed E-state index contributed by atoms with van der Waals surface area (Å²) in [6, 6.07) is 19.4. The number of aryl methyl sites for hydroxylation is 4. The van der Waals surface area contributed by atoms with Crippen molar-refractivity contribution in [2.75, 3.05) is 0 Å². The quantitative estimate of drug-likeness (QED) is 0.177. The first-order valence-electron chi connectivity index (χ1n) is 17.4. The maximum atomic E-state index is 14.4. The van der Waals surface area contributed by atoms with Crippen molar-refractivity contribution >= 4 is 3.21 Å². The number of fused-ring (bicyclic) bond motifs is 3. The minimum atomic E-state index is -4.62. The number of rotatable bonds is 5. The summed E-state index contributed by atoms with van der Waals surface area (Å²) in [7, 11) is 0. The Hall–Kier alpha value is -3.31. The molecule has 0 bridgehead atoms. The molecule has 0 radical (unpaired) electrons. The van der Waals surface area contributed by atoms with Gasteiger partial charge < -0.3 is 0 Å². The van der Waals surface area contributed by atoms with E-state index >= 15 is 0 Å². The van der Waals surface area contributed by atoms with Gasteiger partial charge in [0.1, 0.15) is 0 Å². The first-order chi connectivity index (χ1) is 23.7. The van der Waals surface area contributed by atoms with Crippen LogP contribution in [0.25, 0.3) is 11.1 Å². The minimum absolute atomic E-state index is 0.00851. The van der Waals surface area contributed by atoms with Crippen LogP contribution >= 0.6 is 0 Å². The number of allylic oxidation sites excluding steroid dienone is 4. The second-order valence-corrected chi connectivity index (χ2v) is 21.8. The van der Waals surface area contributed by atoms with Gasteiger partial charge in [0.05, 0.1) is 0 Å². The summed E-state index contributed by atoms with van der Waals surface area (Å²) in [6.07, 6.45) is -4.65. The predicted octanol–water partition coefficient (Wildman–Crippen LogP) is 13.1. The van der Waals surface area contributed by atoms with Crippen molar-refractivity contribution in [2.24, 2.45) is 17.3 Å². The molecule has 0 saturated carbocycles. The normalized spacial score (nSPS) is 16.3. The van der Waals surface area contributed by atoms with E-state index in [1.165, 1.54) is 15.4 Å². The number of hydrogen-bond donors (Lipinski definition) is 0. The van der Waals surface area contributed by atoms with E-state index in [0.29, 0.717) is 14.3 Å². The van der Waals surface area contributed by atoms with Gasteiger partial charge in [-0.15, -0.1) is 0 Å². The summed E-state index contributed by atoms with van der Waals surface area (Å²) in [6.45, 7) is 19.1. The van der Waals surface area contributed by atoms with Gasteiger partial charge in [0.15, 0.2) is 0 Å². The fourth-order valence-electron chi connectivity index (χ4n) is 7.61. The van der Waals surface area contributed by atoms with Gasteiger partial charge in [-0.1, -0.05) is 0 Å². The topological polar surface area (TPSA) is 0 Å². The molecule has 0 spiro atoms. The monoisotopic (exact) mass is 776 g/mol. The van der Waals surface area contributed by atoms with Gasteiger partial charge in [0, 0.05) is 0 Å². The summed E-state index contributed by atoms with van der Waals surface area (Å²) < 4.78 is 88.1. The van der Waals surface area contributed by atoms with Gasteiger partial charge in [-0.2, -0.15) is 0 Å². The van der Waals surface area contributed by atoms with Crippen molar-refractivity contribution in [3.63, 3.8) is 0 Å². The molecule has 0 amide bonds. The number of alkyl halides is 6. The molecule has 4 aromatic carbocycles. The Morgan fingerprint density at radius 2 is 1.06 bits per heavy atom. The molecule has 51 heavy (non-hydrogen) atoms. The van der Waals surface area contributed by atoms with E-state index < -0.39 is 44.7 Å². The first-order valence-corrected chi connectivity index (χ1v) is 21.3. The van der Waals surface area contributed by atoms with E-state index in [1.807, 2.05) is 0 Å². The molecule has 1 atom stereocenters. The average molecular weight is 778 g/mol. The van der Waals surface area contributed by atoms with Crippen LogP contribution < -0.4 is 0 Å². The first kappa shape index (κ1) is 37.5. The molecule has 2 aliphatic carbocycles. The van der Waals surface area contributed by atoms with Crippen molar-refractivity contribution in [3.8, 4) is 11.1 Å². The molecule has 2 aliphatic rings. The van der Waals surface area contributed by atoms with Crippen molar-refractivity contribution in [3.05, 3.63) is 149 Å². The Morgan fingerprint density at radius 3 is 1.45 bits per heavy atom. The van der Waals surface area contributed by atoms with Gasteiger partial charge in [-0.05, 0) is 0 Å². The number of hydrogen-bond acceptors (Lipinski definition) is 0. The van der Waals surface area contributed by atoms with Crippen LogP contribution in [0.2, 0.25) is 0 Å². The third kappa shape index (κ3) is 7.09. The van der Waals surface area contributed by atoms with Crippen LogP contribution in [0.15, 0.2) is 93.8 Å². The van der Waals surface area contributed by atoms with Gasteiger partial charge >= 0.3 is 307 Å². The molecular weight excluding hydrogens is 734 g/mol. The van der Waals surface area contributed by atoms with Gasteiger partial charge in [0.2, 0.25) is 0 Å². The molecule has 4 aromatic rings. The zero-order valence-corrected chi connectivity index (χ0v) is 33.0. The number of benzene rings is 4. The van der Waals surface area contributed by atoms with Crippen molar-refractivity contribution in [1.29, 1.82) is 0 Å². The van der Waals surface area contributed by atoms with Crippen LogP contribution in [0.3, 0.4) is 0 Å². The van der Waals surface area contributed by atoms with Gasteiger partial charge in [-0.25, -0.2) is 0 Å². The summed E-state index contributed by atoms with van der Waals surface area (Å²) in [5, 5.41) is 0. The van der Waals surface area contributed by atoms with E-state index in [4.69, 9.17) is 0 Å². The second-order valence-electron chi connectivity index (χ2n) is 15.7. The molecule has 0 aromatic heterocycles. The summed E-state index contributed by atoms with van der Waals surface area (Å²) in [5.74, 6) is 0.154. The van der Waals surface area contributed by atoms with Gasteiger partial charge in [-0.3, -0.25) is 0 Å². The van der Waals surface area contributed by atoms with E-state index in [-0.39, 0.29) is 20.9 Å². The molecule has 0 saturated heterocycles. The number of halogens is 6. The second kappa shape index (κ2) is 13.3. The van der Waals surface area contributed by atoms with Crippen LogP contribution in [0.5, 0.6) is 0 Å². The molecule has 0 aliphatic heterocycles. The summed E-state index contributed by atoms with van der Waals surface area (Å²) in [4.78, 5) is 0. The van der Waals surface area contributed by atoms with Crippen LogP contribution in [0, 0.1) is 44.9 Å². The molecular formula is C44H44F6Zr. The molecule has 0 N–H and O–H groups in total. The Kier molecular flexibility index (Phi) is 9.75. The fourth-order valence-corrected chi connectivity index (χ4v) is 17.5. The molecule has 266 valence electrons. The van der Waals surface area contributed by atoms with Crippen LogP contribution in [0.4, 0.5) is 26.3 Å². The molecule has 0 fully saturated rings. The predicted molar refractivity (Wildman–Crippen MR) is 193 cm³/mol. The van der Waals surface area contributed by atoms with Crippen LogP contribution in [0.1, 0.15) is 93.9 Å². The van der Waals surface area contributed by atoms with E-state index in [9.17, 15) is 26.3 Å². The Morgan fingerprint density at radius 1 is 0.627 bits per heavy atom. The van der Waals surface area contributed by atoms with Crippen LogP contribution in [-0.4, -0.2) is 3.21 Å². The molecule has 0 nitrogen and oxygen atoms in total. The van der Waals surface area contributed by atoms with E-state index in [2.05, 4.69) is 98.7 Å².